The lowest BCUT2D eigenvalue weighted by atomic mass is 10.1. The Morgan fingerprint density at radius 3 is 2.50 bits per heavy atom. The summed E-state index contributed by atoms with van der Waals surface area (Å²) >= 11 is 0. The summed E-state index contributed by atoms with van der Waals surface area (Å²) in [5.74, 6) is 0.0444. The van der Waals surface area contributed by atoms with Crippen molar-refractivity contribution in [2.24, 2.45) is 0 Å². The fourth-order valence-electron chi connectivity index (χ4n) is 1.89. The van der Waals surface area contributed by atoms with Crippen LogP contribution >= 0.6 is 0 Å². The van der Waals surface area contributed by atoms with Crippen LogP contribution in [0.5, 0.6) is 0 Å². The van der Waals surface area contributed by atoms with Gasteiger partial charge in [-0.3, -0.25) is 0 Å². The molecule has 0 aliphatic carbocycles. The molecule has 0 spiro atoms. The quantitative estimate of drug-likeness (QED) is 0.732. The normalized spacial score (nSPS) is 20.1. The lowest BCUT2D eigenvalue weighted by Crippen LogP contribution is -2.42. The van der Waals surface area contributed by atoms with E-state index in [0.717, 1.165) is 12.8 Å². The Hall–Kier alpha value is -0.170. The van der Waals surface area contributed by atoms with Gasteiger partial charge in [0.25, 0.3) is 0 Å². The number of ether oxygens (including phenoxy) is 1. The van der Waals surface area contributed by atoms with E-state index < -0.39 is 10.0 Å². The number of aliphatic hydroxyl groups is 1. The van der Waals surface area contributed by atoms with Gasteiger partial charge in [-0.2, -0.15) is 0 Å². The fraction of sp³-hybridized carbons (Fsp3) is 1.00. The van der Waals surface area contributed by atoms with Gasteiger partial charge in [0.1, 0.15) is 0 Å². The minimum atomic E-state index is -3.17. The molecule has 96 valence electrons. The van der Waals surface area contributed by atoms with Crippen molar-refractivity contribution in [3.63, 3.8) is 0 Å². The van der Waals surface area contributed by atoms with Gasteiger partial charge in [0, 0.05) is 26.3 Å². The molecule has 0 radical (unpaired) electrons. The number of rotatable bonds is 6. The summed E-state index contributed by atoms with van der Waals surface area (Å²) in [6, 6.07) is 0. The molecule has 16 heavy (non-hydrogen) atoms. The van der Waals surface area contributed by atoms with E-state index in [1.54, 1.807) is 0 Å². The van der Waals surface area contributed by atoms with Gasteiger partial charge in [0.2, 0.25) is 10.0 Å². The number of sulfonamides is 1. The van der Waals surface area contributed by atoms with Gasteiger partial charge in [0.15, 0.2) is 0 Å². The van der Waals surface area contributed by atoms with Crippen LogP contribution in [0.2, 0.25) is 0 Å². The van der Waals surface area contributed by atoms with Gasteiger partial charge in [-0.05, 0) is 26.2 Å². The Morgan fingerprint density at radius 2 is 2.00 bits per heavy atom. The highest BCUT2D eigenvalue weighted by Crippen LogP contribution is 2.17. The maximum atomic E-state index is 11.8. The van der Waals surface area contributed by atoms with Crippen molar-refractivity contribution in [1.29, 1.82) is 0 Å². The summed E-state index contributed by atoms with van der Waals surface area (Å²) in [7, 11) is -3.17. The van der Waals surface area contributed by atoms with Crippen LogP contribution in [-0.2, 0) is 14.8 Å². The average molecular weight is 251 g/mol. The van der Waals surface area contributed by atoms with Crippen molar-refractivity contribution in [3.8, 4) is 0 Å². The molecule has 1 rings (SSSR count). The molecule has 0 saturated carbocycles. The maximum absolute atomic E-state index is 11.8. The summed E-state index contributed by atoms with van der Waals surface area (Å²) < 4.78 is 30.5. The maximum Gasteiger partial charge on any atom is 0.214 e. The molecule has 0 amide bonds. The van der Waals surface area contributed by atoms with Gasteiger partial charge in [-0.1, -0.05) is 0 Å². The summed E-state index contributed by atoms with van der Waals surface area (Å²) in [4.78, 5) is 0. The highest BCUT2D eigenvalue weighted by Gasteiger charge is 2.27. The molecule has 1 aliphatic heterocycles. The zero-order chi connectivity index (χ0) is 12.0. The van der Waals surface area contributed by atoms with Crippen LogP contribution in [0.4, 0.5) is 0 Å². The largest absolute Gasteiger partial charge is 0.396 e. The Kier molecular flexibility index (Phi) is 5.68. The second-order valence-electron chi connectivity index (χ2n) is 3.95. The second kappa shape index (κ2) is 6.54. The lowest BCUT2D eigenvalue weighted by Gasteiger charge is -2.30. The number of piperidine rings is 1. The highest BCUT2D eigenvalue weighted by atomic mass is 32.2. The van der Waals surface area contributed by atoms with Crippen molar-refractivity contribution < 1.29 is 18.3 Å². The fourth-order valence-corrected chi connectivity index (χ4v) is 3.41. The molecular formula is C10H21NO4S. The van der Waals surface area contributed by atoms with E-state index in [9.17, 15) is 8.42 Å². The van der Waals surface area contributed by atoms with E-state index in [-0.39, 0.29) is 18.5 Å². The molecule has 1 N–H and O–H groups in total. The number of aliphatic hydroxyl groups excluding tert-OH is 1. The van der Waals surface area contributed by atoms with Crippen LogP contribution in [0.15, 0.2) is 0 Å². The first-order valence-corrected chi connectivity index (χ1v) is 7.41. The predicted molar refractivity (Wildman–Crippen MR) is 61.7 cm³/mol. The molecule has 0 aromatic carbocycles. The lowest BCUT2D eigenvalue weighted by molar-refractivity contribution is 0.0290. The highest BCUT2D eigenvalue weighted by molar-refractivity contribution is 7.89. The molecule has 0 aromatic heterocycles. The van der Waals surface area contributed by atoms with E-state index in [1.807, 2.05) is 6.92 Å². The van der Waals surface area contributed by atoms with Crippen LogP contribution in [0.1, 0.15) is 26.2 Å². The first-order valence-electron chi connectivity index (χ1n) is 5.80. The molecule has 1 saturated heterocycles. The first-order chi connectivity index (χ1) is 7.60. The average Bonchev–Trinajstić information content (AvgIpc) is 2.28. The number of hydrogen-bond acceptors (Lipinski definition) is 4. The molecule has 0 atom stereocenters. The van der Waals surface area contributed by atoms with E-state index in [2.05, 4.69) is 0 Å². The van der Waals surface area contributed by atoms with E-state index in [0.29, 0.717) is 26.1 Å². The van der Waals surface area contributed by atoms with Gasteiger partial charge >= 0.3 is 0 Å². The van der Waals surface area contributed by atoms with Crippen LogP contribution in [0, 0.1) is 0 Å². The van der Waals surface area contributed by atoms with Crippen molar-refractivity contribution >= 4 is 10.0 Å². The minimum Gasteiger partial charge on any atom is -0.396 e. The molecule has 0 bridgehead atoms. The molecular weight excluding hydrogens is 230 g/mol. The molecule has 0 unspecified atom stereocenters. The van der Waals surface area contributed by atoms with Crippen LogP contribution < -0.4 is 0 Å². The van der Waals surface area contributed by atoms with Crippen molar-refractivity contribution in [3.05, 3.63) is 0 Å². The molecule has 6 heteroatoms. The number of nitrogens with zero attached hydrogens (tertiary/aromatic N) is 1. The first kappa shape index (κ1) is 13.9. The van der Waals surface area contributed by atoms with Crippen LogP contribution in [0.25, 0.3) is 0 Å². The van der Waals surface area contributed by atoms with Crippen molar-refractivity contribution in [2.75, 3.05) is 32.1 Å². The SMILES string of the molecule is CCOC1CCN(S(=O)(=O)CCCO)CC1. The van der Waals surface area contributed by atoms with Crippen LogP contribution in [0.3, 0.4) is 0 Å². The van der Waals surface area contributed by atoms with Crippen molar-refractivity contribution in [2.45, 2.75) is 32.3 Å². The summed E-state index contributed by atoms with van der Waals surface area (Å²) in [5.41, 5.74) is 0. The third kappa shape index (κ3) is 4.01. The standard InChI is InChI=1S/C10H21NO4S/c1-2-15-10-4-6-11(7-5-10)16(13,14)9-3-8-12/h10,12H,2-9H2,1H3. The van der Waals surface area contributed by atoms with Gasteiger partial charge in [0.05, 0.1) is 11.9 Å². The van der Waals surface area contributed by atoms with Gasteiger partial charge in [-0.25, -0.2) is 12.7 Å². The van der Waals surface area contributed by atoms with Crippen LogP contribution in [-0.4, -0.2) is 56.0 Å². The Labute approximate surface area is 97.4 Å². The molecule has 1 fully saturated rings. The predicted octanol–water partition coefficient (Wildman–Crippen LogP) is 0.200. The third-order valence-corrected chi connectivity index (χ3v) is 4.71. The summed E-state index contributed by atoms with van der Waals surface area (Å²) in [6.45, 7) is 3.64. The summed E-state index contributed by atoms with van der Waals surface area (Å²) in [5, 5.41) is 8.64. The van der Waals surface area contributed by atoms with Gasteiger partial charge < -0.3 is 9.84 Å². The van der Waals surface area contributed by atoms with E-state index in [4.69, 9.17) is 9.84 Å². The zero-order valence-corrected chi connectivity index (χ0v) is 10.6. The number of hydrogen-bond donors (Lipinski definition) is 1. The summed E-state index contributed by atoms with van der Waals surface area (Å²) in [6.07, 6.45) is 2.06. The smallest absolute Gasteiger partial charge is 0.214 e. The topological polar surface area (TPSA) is 66.8 Å². The molecule has 1 heterocycles. The molecule has 0 aromatic rings. The van der Waals surface area contributed by atoms with Gasteiger partial charge in [-0.15, -0.1) is 0 Å². The Morgan fingerprint density at radius 1 is 1.38 bits per heavy atom. The Balaban J connectivity index is 2.40. The second-order valence-corrected chi connectivity index (χ2v) is 6.04. The monoisotopic (exact) mass is 251 g/mol. The molecule has 1 aliphatic rings. The minimum absolute atomic E-state index is 0.0444. The Bertz CT molecular complexity index is 283. The zero-order valence-electron chi connectivity index (χ0n) is 9.76. The van der Waals surface area contributed by atoms with Crippen molar-refractivity contribution in [1.82, 2.24) is 4.31 Å². The molecule has 5 nitrogen and oxygen atoms in total. The van der Waals surface area contributed by atoms with E-state index in [1.165, 1.54) is 4.31 Å². The third-order valence-electron chi connectivity index (χ3n) is 2.76. The van der Waals surface area contributed by atoms with E-state index >= 15 is 0 Å².